The zero-order valence-electron chi connectivity index (χ0n) is 24.7. The average molecular weight is 552 g/mol. The van der Waals surface area contributed by atoms with Crippen molar-refractivity contribution in [1.29, 1.82) is 0 Å². The monoisotopic (exact) mass is 551 g/mol. The van der Waals surface area contributed by atoms with Gasteiger partial charge in [0, 0.05) is 96.0 Å². The molecular formula is C30H45N7O3. The number of amides is 2. The molecule has 2 aromatic rings. The lowest BCUT2D eigenvalue weighted by molar-refractivity contribution is -0.0910. The van der Waals surface area contributed by atoms with E-state index in [0.29, 0.717) is 19.1 Å². The van der Waals surface area contributed by atoms with Crippen LogP contribution in [0.2, 0.25) is 0 Å². The summed E-state index contributed by atoms with van der Waals surface area (Å²) in [6, 6.07) is 4.83. The SMILES string of the molecule is COC[C@@H](C)N1CCC(OC)(C2C=CC(c3cc4c(N5CCN(C(=O)NC(C)C)CC5)ccnn4c3)=NC2)CC1. The lowest BCUT2D eigenvalue weighted by Gasteiger charge is -2.46. The lowest BCUT2D eigenvalue weighted by Crippen LogP contribution is -2.53. The van der Waals surface area contributed by atoms with Crippen molar-refractivity contribution in [3.8, 4) is 0 Å². The molecule has 10 nitrogen and oxygen atoms in total. The van der Waals surface area contributed by atoms with Crippen molar-refractivity contribution in [3.63, 3.8) is 0 Å². The number of dihydropyridines is 1. The molecule has 10 heteroatoms. The highest BCUT2D eigenvalue weighted by atomic mass is 16.5. The van der Waals surface area contributed by atoms with E-state index >= 15 is 0 Å². The molecule has 3 aliphatic rings. The summed E-state index contributed by atoms with van der Waals surface area (Å²) < 4.78 is 13.5. The Hall–Kier alpha value is -2.95. The Bertz CT molecular complexity index is 1220. The molecule has 218 valence electrons. The van der Waals surface area contributed by atoms with Crippen LogP contribution < -0.4 is 10.2 Å². The first-order valence-electron chi connectivity index (χ1n) is 14.6. The Morgan fingerprint density at radius 1 is 1.12 bits per heavy atom. The van der Waals surface area contributed by atoms with Crippen molar-refractivity contribution in [2.75, 3.05) is 71.5 Å². The van der Waals surface area contributed by atoms with Gasteiger partial charge in [-0.2, -0.15) is 5.10 Å². The second-order valence-electron chi connectivity index (χ2n) is 11.7. The highest BCUT2D eigenvalue weighted by Crippen LogP contribution is 2.36. The number of nitrogens with zero attached hydrogens (tertiary/aromatic N) is 6. The van der Waals surface area contributed by atoms with Crippen LogP contribution in [-0.4, -0.2) is 115 Å². The fraction of sp³-hybridized carbons (Fsp3) is 0.633. The van der Waals surface area contributed by atoms with E-state index < -0.39 is 0 Å². The van der Waals surface area contributed by atoms with Gasteiger partial charge >= 0.3 is 6.03 Å². The van der Waals surface area contributed by atoms with Gasteiger partial charge in [0.2, 0.25) is 0 Å². The number of ether oxygens (including phenoxy) is 2. The molecule has 2 amide bonds. The Morgan fingerprint density at radius 3 is 2.50 bits per heavy atom. The Morgan fingerprint density at radius 2 is 1.88 bits per heavy atom. The van der Waals surface area contributed by atoms with E-state index in [-0.39, 0.29) is 23.6 Å². The molecule has 1 unspecified atom stereocenters. The molecule has 0 spiro atoms. The smallest absolute Gasteiger partial charge is 0.317 e. The van der Waals surface area contributed by atoms with Crippen molar-refractivity contribution in [3.05, 3.63) is 42.2 Å². The van der Waals surface area contributed by atoms with Crippen LogP contribution in [0.5, 0.6) is 0 Å². The van der Waals surface area contributed by atoms with Gasteiger partial charge in [-0.3, -0.25) is 9.89 Å². The van der Waals surface area contributed by atoms with Crippen molar-refractivity contribution in [2.24, 2.45) is 10.9 Å². The summed E-state index contributed by atoms with van der Waals surface area (Å²) in [6.07, 6.45) is 10.4. The maximum Gasteiger partial charge on any atom is 0.317 e. The summed E-state index contributed by atoms with van der Waals surface area (Å²) >= 11 is 0. The van der Waals surface area contributed by atoms with Gasteiger partial charge in [-0.05, 0) is 51.8 Å². The molecule has 1 N–H and O–H groups in total. The fourth-order valence-electron chi connectivity index (χ4n) is 6.36. The summed E-state index contributed by atoms with van der Waals surface area (Å²) in [5, 5.41) is 7.58. The first kappa shape index (κ1) is 28.6. The summed E-state index contributed by atoms with van der Waals surface area (Å²) in [4.78, 5) is 24.2. The van der Waals surface area contributed by atoms with Gasteiger partial charge in [0.05, 0.1) is 29.1 Å². The number of allylic oxidation sites excluding steroid dienone is 1. The van der Waals surface area contributed by atoms with Crippen LogP contribution in [0.25, 0.3) is 5.52 Å². The normalized spacial score (nSPS) is 22.6. The second kappa shape index (κ2) is 12.3. The van der Waals surface area contributed by atoms with Crippen LogP contribution in [0.4, 0.5) is 10.5 Å². The molecule has 2 fully saturated rings. The summed E-state index contributed by atoms with van der Waals surface area (Å²) in [7, 11) is 3.62. The number of carbonyl (C=O) groups is 1. The van der Waals surface area contributed by atoms with Crippen LogP contribution in [-0.2, 0) is 9.47 Å². The Balaban J connectivity index is 1.25. The van der Waals surface area contributed by atoms with E-state index in [1.807, 2.05) is 36.6 Å². The van der Waals surface area contributed by atoms with Gasteiger partial charge in [0.15, 0.2) is 0 Å². The number of urea groups is 1. The summed E-state index contributed by atoms with van der Waals surface area (Å²) in [6.45, 7) is 12.7. The fourth-order valence-corrected chi connectivity index (χ4v) is 6.36. The van der Waals surface area contributed by atoms with E-state index in [2.05, 4.69) is 57.6 Å². The standard InChI is InChI=1S/C30H45N7O3/c1-22(2)33-29(38)36-16-14-35(15-17-36)27-8-11-32-37-20-24(18-28(27)37)26-7-6-25(19-31-26)30(40-5)9-12-34(13-10-30)23(3)21-39-4/h6-8,11,18,20,22-23,25H,9-10,12-17,19,21H2,1-5H3,(H,33,38)/t23-,25?/m1/s1. The minimum Gasteiger partial charge on any atom is -0.383 e. The minimum absolute atomic E-state index is 0.0151. The number of likely N-dealkylation sites (tertiary alicyclic amines) is 1. The number of carbonyl (C=O) groups excluding carboxylic acids is 1. The number of piperidine rings is 1. The zero-order chi connectivity index (χ0) is 28.3. The van der Waals surface area contributed by atoms with Crippen LogP contribution in [0.15, 0.2) is 41.7 Å². The zero-order valence-corrected chi connectivity index (χ0v) is 24.7. The molecular weight excluding hydrogens is 506 g/mol. The first-order valence-corrected chi connectivity index (χ1v) is 14.6. The average Bonchev–Trinajstić information content (AvgIpc) is 3.42. The highest BCUT2D eigenvalue weighted by Gasteiger charge is 2.42. The number of methoxy groups -OCH3 is 2. The number of aromatic nitrogens is 2. The van der Waals surface area contributed by atoms with Gasteiger partial charge in [0.25, 0.3) is 0 Å². The second-order valence-corrected chi connectivity index (χ2v) is 11.7. The van der Waals surface area contributed by atoms with Crippen LogP contribution >= 0.6 is 0 Å². The summed E-state index contributed by atoms with van der Waals surface area (Å²) in [5.41, 5.74) is 4.07. The quantitative estimate of drug-likeness (QED) is 0.543. The predicted octanol–water partition coefficient (Wildman–Crippen LogP) is 3.07. The van der Waals surface area contributed by atoms with Gasteiger partial charge in [-0.1, -0.05) is 6.08 Å². The van der Waals surface area contributed by atoms with Gasteiger partial charge in [-0.15, -0.1) is 0 Å². The van der Waals surface area contributed by atoms with E-state index in [0.717, 1.165) is 74.7 Å². The van der Waals surface area contributed by atoms with Gasteiger partial charge < -0.3 is 24.6 Å². The number of hydrogen-bond donors (Lipinski definition) is 1. The maximum absolute atomic E-state index is 12.4. The molecule has 3 aliphatic heterocycles. The van der Waals surface area contributed by atoms with Crippen LogP contribution in [0.1, 0.15) is 39.2 Å². The number of rotatable bonds is 8. The van der Waals surface area contributed by atoms with E-state index in [4.69, 9.17) is 14.5 Å². The maximum atomic E-state index is 12.4. The number of aliphatic imine (C=N–C) groups is 1. The molecule has 0 bridgehead atoms. The Labute approximate surface area is 238 Å². The molecule has 0 aliphatic carbocycles. The van der Waals surface area contributed by atoms with Crippen molar-refractivity contribution in [1.82, 2.24) is 24.7 Å². The third-order valence-electron chi connectivity index (χ3n) is 8.80. The van der Waals surface area contributed by atoms with Gasteiger partial charge in [-0.25, -0.2) is 9.31 Å². The third-order valence-corrected chi connectivity index (χ3v) is 8.80. The van der Waals surface area contributed by atoms with Crippen LogP contribution in [0.3, 0.4) is 0 Å². The number of piperazine rings is 1. The molecule has 0 aromatic carbocycles. The number of nitrogens with one attached hydrogen (secondary N) is 1. The number of anilines is 1. The van der Waals surface area contributed by atoms with Crippen molar-refractivity contribution in [2.45, 2.75) is 51.3 Å². The van der Waals surface area contributed by atoms with Crippen molar-refractivity contribution >= 4 is 22.9 Å². The lowest BCUT2D eigenvalue weighted by atomic mass is 9.77. The molecule has 0 saturated carbocycles. The Kier molecular flexibility index (Phi) is 8.77. The molecule has 5 heterocycles. The van der Waals surface area contributed by atoms with Crippen molar-refractivity contribution < 1.29 is 14.3 Å². The number of fused-ring (bicyclic) bond motifs is 1. The molecule has 2 saturated heterocycles. The molecule has 40 heavy (non-hydrogen) atoms. The number of hydrogen-bond acceptors (Lipinski definition) is 7. The molecule has 2 atom stereocenters. The highest BCUT2D eigenvalue weighted by molar-refractivity contribution is 6.10. The van der Waals surface area contributed by atoms with E-state index in [9.17, 15) is 4.79 Å². The van der Waals surface area contributed by atoms with Crippen LogP contribution in [0, 0.1) is 5.92 Å². The minimum atomic E-state index is -0.177. The van der Waals surface area contributed by atoms with E-state index in [1.54, 1.807) is 7.11 Å². The molecule has 2 aromatic heterocycles. The topological polar surface area (TPSA) is 86.9 Å². The molecule has 5 rings (SSSR count). The van der Waals surface area contributed by atoms with E-state index in [1.165, 1.54) is 0 Å². The first-order chi connectivity index (χ1) is 19.3. The predicted molar refractivity (Wildman–Crippen MR) is 159 cm³/mol. The summed E-state index contributed by atoms with van der Waals surface area (Å²) in [5.74, 6) is 0.260. The third kappa shape index (κ3) is 5.89. The largest absolute Gasteiger partial charge is 0.383 e. The molecule has 0 radical (unpaired) electrons. The van der Waals surface area contributed by atoms with Gasteiger partial charge in [0.1, 0.15) is 0 Å².